The monoisotopic (exact) mass is 380 g/mol. The number of para-hydroxylation sites is 1. The van der Waals surface area contributed by atoms with Gasteiger partial charge in [-0.2, -0.15) is 0 Å². The quantitative estimate of drug-likeness (QED) is 0.811. The number of rotatable bonds is 6. The summed E-state index contributed by atoms with van der Waals surface area (Å²) < 4.78 is 6.00. The van der Waals surface area contributed by atoms with Crippen LogP contribution in [0, 0.1) is 13.8 Å². The Kier molecular flexibility index (Phi) is 6.34. The number of hydrogen-bond donors (Lipinski definition) is 1. The first-order valence-corrected chi connectivity index (χ1v) is 9.92. The minimum atomic E-state index is -0.629. The van der Waals surface area contributed by atoms with Gasteiger partial charge in [-0.05, 0) is 62.4 Å². The molecule has 5 nitrogen and oxygen atoms in total. The van der Waals surface area contributed by atoms with E-state index in [-0.39, 0.29) is 11.8 Å². The molecule has 28 heavy (non-hydrogen) atoms. The minimum absolute atomic E-state index is 0.0307. The van der Waals surface area contributed by atoms with Crippen LogP contribution in [-0.2, 0) is 4.79 Å². The number of nitrogens with one attached hydrogen (secondary N) is 1. The van der Waals surface area contributed by atoms with Crippen LogP contribution in [0.4, 0.5) is 5.69 Å². The number of carbonyl (C=O) groups excluding carboxylic acids is 2. The maximum atomic E-state index is 12.9. The molecule has 0 unspecified atom stereocenters. The number of anilines is 1. The van der Waals surface area contributed by atoms with Crippen molar-refractivity contribution in [1.82, 2.24) is 4.90 Å². The third-order valence-electron chi connectivity index (χ3n) is 5.08. The zero-order chi connectivity index (χ0) is 20.1. The first-order valence-electron chi connectivity index (χ1n) is 9.92. The average molecular weight is 380 g/mol. The van der Waals surface area contributed by atoms with Crippen LogP contribution in [0.25, 0.3) is 0 Å². The van der Waals surface area contributed by atoms with E-state index < -0.39 is 6.10 Å². The van der Waals surface area contributed by atoms with Crippen LogP contribution in [0.5, 0.6) is 5.75 Å². The van der Waals surface area contributed by atoms with Gasteiger partial charge in [0.15, 0.2) is 6.10 Å². The second-order valence-corrected chi connectivity index (χ2v) is 7.32. The Morgan fingerprint density at radius 2 is 1.82 bits per heavy atom. The van der Waals surface area contributed by atoms with Crippen molar-refractivity contribution in [2.75, 3.05) is 18.4 Å². The van der Waals surface area contributed by atoms with Gasteiger partial charge in [-0.3, -0.25) is 9.59 Å². The van der Waals surface area contributed by atoms with Crippen LogP contribution in [0.3, 0.4) is 0 Å². The summed E-state index contributed by atoms with van der Waals surface area (Å²) in [5.74, 6) is 0.436. The van der Waals surface area contributed by atoms with Crippen molar-refractivity contribution in [2.24, 2.45) is 0 Å². The highest BCUT2D eigenvalue weighted by atomic mass is 16.5. The molecule has 0 spiro atoms. The van der Waals surface area contributed by atoms with E-state index in [2.05, 4.69) is 5.32 Å². The van der Waals surface area contributed by atoms with Gasteiger partial charge in [0.05, 0.1) is 11.3 Å². The summed E-state index contributed by atoms with van der Waals surface area (Å²) in [6.07, 6.45) is 1.96. The number of ether oxygens (including phenoxy) is 1. The van der Waals surface area contributed by atoms with Crippen molar-refractivity contribution >= 4 is 17.5 Å². The molecule has 0 aliphatic carbocycles. The van der Waals surface area contributed by atoms with E-state index in [0.29, 0.717) is 23.4 Å². The Morgan fingerprint density at radius 3 is 2.54 bits per heavy atom. The van der Waals surface area contributed by atoms with Gasteiger partial charge in [0, 0.05) is 13.1 Å². The van der Waals surface area contributed by atoms with Crippen LogP contribution in [-0.4, -0.2) is 35.9 Å². The predicted octanol–water partition coefficient (Wildman–Crippen LogP) is 4.34. The number of hydrogen-bond acceptors (Lipinski definition) is 3. The second kappa shape index (κ2) is 8.91. The summed E-state index contributed by atoms with van der Waals surface area (Å²) in [5.41, 5.74) is 3.13. The molecule has 0 saturated carbocycles. The zero-order valence-electron chi connectivity index (χ0n) is 16.8. The topological polar surface area (TPSA) is 58.6 Å². The van der Waals surface area contributed by atoms with E-state index in [9.17, 15) is 9.59 Å². The molecule has 1 aliphatic heterocycles. The van der Waals surface area contributed by atoms with Crippen molar-refractivity contribution in [3.05, 3.63) is 59.2 Å². The summed E-state index contributed by atoms with van der Waals surface area (Å²) in [6.45, 7) is 7.41. The molecular formula is C23H28N2O3. The lowest BCUT2D eigenvalue weighted by Gasteiger charge is -2.21. The predicted molar refractivity (Wildman–Crippen MR) is 111 cm³/mol. The Balaban J connectivity index is 1.76. The number of carbonyl (C=O) groups is 2. The number of nitrogens with zero attached hydrogens (tertiary/aromatic N) is 1. The maximum Gasteiger partial charge on any atom is 0.265 e. The highest BCUT2D eigenvalue weighted by Gasteiger charge is 2.24. The number of aryl methyl sites for hydroxylation is 2. The number of benzene rings is 2. The van der Waals surface area contributed by atoms with Crippen molar-refractivity contribution in [1.29, 1.82) is 0 Å². The highest BCUT2D eigenvalue weighted by molar-refractivity contribution is 6.04. The Morgan fingerprint density at radius 1 is 1.11 bits per heavy atom. The van der Waals surface area contributed by atoms with Gasteiger partial charge in [-0.25, -0.2) is 0 Å². The van der Waals surface area contributed by atoms with Gasteiger partial charge in [0.25, 0.3) is 11.8 Å². The van der Waals surface area contributed by atoms with Crippen LogP contribution in [0.2, 0.25) is 0 Å². The van der Waals surface area contributed by atoms with Crippen LogP contribution in [0.15, 0.2) is 42.5 Å². The van der Waals surface area contributed by atoms with Crippen LogP contribution >= 0.6 is 0 Å². The number of likely N-dealkylation sites (tertiary alicyclic amines) is 1. The van der Waals surface area contributed by atoms with Crippen molar-refractivity contribution < 1.29 is 14.3 Å². The molecule has 2 amide bonds. The van der Waals surface area contributed by atoms with Crippen LogP contribution in [0.1, 0.15) is 47.7 Å². The van der Waals surface area contributed by atoms with E-state index in [1.807, 2.05) is 56.0 Å². The van der Waals surface area contributed by atoms with Gasteiger partial charge < -0.3 is 15.0 Å². The number of amides is 2. The highest BCUT2D eigenvalue weighted by Crippen LogP contribution is 2.23. The average Bonchev–Trinajstić information content (AvgIpc) is 3.23. The van der Waals surface area contributed by atoms with Gasteiger partial charge in [0.2, 0.25) is 0 Å². The normalized spacial score (nSPS) is 14.6. The first kappa shape index (κ1) is 19.9. The van der Waals surface area contributed by atoms with Crippen molar-refractivity contribution in [2.45, 2.75) is 46.1 Å². The molecule has 1 atom stereocenters. The maximum absolute atomic E-state index is 12.9. The lowest BCUT2D eigenvalue weighted by molar-refractivity contribution is -0.122. The third-order valence-corrected chi connectivity index (χ3v) is 5.08. The molecule has 0 radical (unpaired) electrons. The molecule has 1 aliphatic rings. The minimum Gasteiger partial charge on any atom is -0.480 e. The van der Waals surface area contributed by atoms with E-state index in [1.54, 1.807) is 12.1 Å². The molecule has 1 heterocycles. The SMILES string of the molecule is CC[C@H](Oc1cc(C)ccc1C)C(=O)Nc1ccccc1C(=O)N1CCCC1. The van der Waals surface area contributed by atoms with E-state index in [1.165, 1.54) is 0 Å². The fourth-order valence-corrected chi connectivity index (χ4v) is 3.39. The fraction of sp³-hybridized carbons (Fsp3) is 0.391. The molecule has 1 fully saturated rings. The summed E-state index contributed by atoms with van der Waals surface area (Å²) in [5, 5.41) is 2.91. The smallest absolute Gasteiger partial charge is 0.265 e. The molecule has 0 aromatic heterocycles. The van der Waals surface area contributed by atoms with Gasteiger partial charge in [0.1, 0.15) is 5.75 Å². The molecule has 2 aromatic rings. The summed E-state index contributed by atoms with van der Waals surface area (Å²) in [4.78, 5) is 27.5. The van der Waals surface area contributed by atoms with Crippen molar-refractivity contribution in [3.63, 3.8) is 0 Å². The van der Waals surface area contributed by atoms with E-state index >= 15 is 0 Å². The molecule has 2 aromatic carbocycles. The van der Waals surface area contributed by atoms with Crippen LogP contribution < -0.4 is 10.1 Å². The molecule has 0 bridgehead atoms. The van der Waals surface area contributed by atoms with Crippen molar-refractivity contribution in [3.8, 4) is 5.75 Å². The molecule has 1 saturated heterocycles. The van der Waals surface area contributed by atoms with Gasteiger partial charge in [-0.15, -0.1) is 0 Å². The Labute approximate surface area is 166 Å². The van der Waals surface area contributed by atoms with E-state index in [4.69, 9.17) is 4.74 Å². The molecule has 148 valence electrons. The fourth-order valence-electron chi connectivity index (χ4n) is 3.39. The second-order valence-electron chi connectivity index (χ2n) is 7.32. The van der Waals surface area contributed by atoms with Gasteiger partial charge in [-0.1, -0.05) is 31.2 Å². The summed E-state index contributed by atoms with van der Waals surface area (Å²) in [6, 6.07) is 13.1. The summed E-state index contributed by atoms with van der Waals surface area (Å²) >= 11 is 0. The largest absolute Gasteiger partial charge is 0.480 e. The summed E-state index contributed by atoms with van der Waals surface area (Å²) in [7, 11) is 0. The lowest BCUT2D eigenvalue weighted by atomic mass is 10.1. The first-order chi connectivity index (χ1) is 13.5. The van der Waals surface area contributed by atoms with Gasteiger partial charge >= 0.3 is 0 Å². The standard InChI is InChI=1S/C23H28N2O3/c1-4-20(28-21-15-16(2)11-12-17(21)3)22(26)24-19-10-6-5-9-18(19)23(27)25-13-7-8-14-25/h5-6,9-12,15,20H,4,7-8,13-14H2,1-3H3,(H,24,26)/t20-/m0/s1. The molecule has 5 heteroatoms. The van der Waals surface area contributed by atoms with E-state index in [0.717, 1.165) is 37.1 Å². The lowest BCUT2D eigenvalue weighted by Crippen LogP contribution is -2.34. The molecule has 1 N–H and O–H groups in total. The molecular weight excluding hydrogens is 352 g/mol. The zero-order valence-corrected chi connectivity index (χ0v) is 16.8. The third kappa shape index (κ3) is 4.53. The Hall–Kier alpha value is -2.82. The molecule has 3 rings (SSSR count). The Bertz CT molecular complexity index is 857.